The molecule has 6 heteroatoms. The molecular weight excluding hydrogens is 312 g/mol. The lowest BCUT2D eigenvalue weighted by atomic mass is 10.2. The molecule has 0 aliphatic carbocycles. The highest BCUT2D eigenvalue weighted by atomic mass is 35.5. The molecule has 0 bridgehead atoms. The van der Waals surface area contributed by atoms with Crippen LogP contribution in [0.1, 0.15) is 36.2 Å². The summed E-state index contributed by atoms with van der Waals surface area (Å²) in [4.78, 5) is 14.3. The molecule has 2 heterocycles. The smallest absolute Gasteiger partial charge is 0.274 e. The standard InChI is InChI=1S/C17H19ClN4O/c18-13-5-7-14(8-6-13)19-16-10-9-15(20-21-16)17(23)22-11-3-1-2-4-12-22/h5-10H,1-4,11-12H2,(H,19,21). The van der Waals surface area contributed by atoms with Gasteiger partial charge in [-0.05, 0) is 49.2 Å². The second kappa shape index (κ2) is 7.42. The Bertz CT molecular complexity index is 649. The van der Waals surface area contributed by atoms with Gasteiger partial charge in [0.25, 0.3) is 5.91 Å². The first-order chi connectivity index (χ1) is 11.2. The van der Waals surface area contributed by atoms with Gasteiger partial charge in [0.2, 0.25) is 0 Å². The van der Waals surface area contributed by atoms with E-state index < -0.39 is 0 Å². The van der Waals surface area contributed by atoms with Crippen LogP contribution >= 0.6 is 11.6 Å². The van der Waals surface area contributed by atoms with E-state index in [1.807, 2.05) is 17.0 Å². The van der Waals surface area contributed by atoms with Crippen LogP contribution in [0.4, 0.5) is 11.5 Å². The Morgan fingerprint density at radius 3 is 2.26 bits per heavy atom. The number of hydrogen-bond donors (Lipinski definition) is 1. The molecule has 0 atom stereocenters. The molecule has 5 nitrogen and oxygen atoms in total. The summed E-state index contributed by atoms with van der Waals surface area (Å²) in [6.07, 6.45) is 4.52. The van der Waals surface area contributed by atoms with Gasteiger partial charge in [0.1, 0.15) is 0 Å². The fourth-order valence-corrected chi connectivity index (χ4v) is 2.76. The topological polar surface area (TPSA) is 58.1 Å². The van der Waals surface area contributed by atoms with E-state index in [9.17, 15) is 4.79 Å². The summed E-state index contributed by atoms with van der Waals surface area (Å²) in [5.41, 5.74) is 1.27. The quantitative estimate of drug-likeness (QED) is 0.927. The number of rotatable bonds is 3. The first-order valence-electron chi connectivity index (χ1n) is 7.88. The summed E-state index contributed by atoms with van der Waals surface area (Å²) in [7, 11) is 0. The molecule has 2 aromatic rings. The maximum atomic E-state index is 12.4. The Hall–Kier alpha value is -2.14. The predicted octanol–water partition coefficient (Wildman–Crippen LogP) is 3.89. The summed E-state index contributed by atoms with van der Waals surface area (Å²) >= 11 is 5.86. The zero-order valence-corrected chi connectivity index (χ0v) is 13.6. The maximum absolute atomic E-state index is 12.4. The molecule has 1 aliphatic rings. The lowest BCUT2D eigenvalue weighted by Gasteiger charge is -2.19. The molecular formula is C17H19ClN4O. The van der Waals surface area contributed by atoms with Gasteiger partial charge in [0.05, 0.1) is 0 Å². The van der Waals surface area contributed by atoms with E-state index in [-0.39, 0.29) is 5.91 Å². The second-order valence-corrected chi connectivity index (χ2v) is 6.08. The third-order valence-electron chi connectivity index (χ3n) is 3.89. The van der Waals surface area contributed by atoms with E-state index in [0.29, 0.717) is 16.5 Å². The van der Waals surface area contributed by atoms with Gasteiger partial charge in [-0.2, -0.15) is 0 Å². The van der Waals surface area contributed by atoms with Crippen LogP contribution in [-0.4, -0.2) is 34.1 Å². The molecule has 0 radical (unpaired) electrons. The number of amides is 1. The molecule has 1 N–H and O–H groups in total. The van der Waals surface area contributed by atoms with Crippen molar-refractivity contribution in [3.63, 3.8) is 0 Å². The van der Waals surface area contributed by atoms with Crippen molar-refractivity contribution in [2.45, 2.75) is 25.7 Å². The van der Waals surface area contributed by atoms with E-state index in [0.717, 1.165) is 31.6 Å². The summed E-state index contributed by atoms with van der Waals surface area (Å²) in [5, 5.41) is 12.0. The average Bonchev–Trinajstić information content (AvgIpc) is 2.86. The van der Waals surface area contributed by atoms with Crippen molar-refractivity contribution >= 4 is 29.0 Å². The van der Waals surface area contributed by atoms with Crippen molar-refractivity contribution in [1.82, 2.24) is 15.1 Å². The minimum absolute atomic E-state index is 0.0301. The average molecular weight is 331 g/mol. The Labute approximate surface area is 140 Å². The van der Waals surface area contributed by atoms with Crippen molar-refractivity contribution in [2.75, 3.05) is 18.4 Å². The van der Waals surface area contributed by atoms with Gasteiger partial charge in [-0.15, -0.1) is 10.2 Å². The second-order valence-electron chi connectivity index (χ2n) is 5.64. The van der Waals surface area contributed by atoms with Gasteiger partial charge >= 0.3 is 0 Å². The van der Waals surface area contributed by atoms with Crippen LogP contribution in [0.2, 0.25) is 5.02 Å². The summed E-state index contributed by atoms with van der Waals surface area (Å²) < 4.78 is 0. The fourth-order valence-electron chi connectivity index (χ4n) is 2.63. The Morgan fingerprint density at radius 2 is 1.65 bits per heavy atom. The first kappa shape index (κ1) is 15.7. The normalized spacial score (nSPS) is 15.1. The number of benzene rings is 1. The number of nitrogens with one attached hydrogen (secondary N) is 1. The van der Waals surface area contributed by atoms with Crippen molar-refractivity contribution in [2.24, 2.45) is 0 Å². The largest absolute Gasteiger partial charge is 0.339 e. The number of carbonyl (C=O) groups excluding carboxylic acids is 1. The van der Waals surface area contributed by atoms with Crippen LogP contribution in [0.25, 0.3) is 0 Å². The molecule has 1 fully saturated rings. The van der Waals surface area contributed by atoms with E-state index >= 15 is 0 Å². The van der Waals surface area contributed by atoms with Gasteiger partial charge in [0, 0.05) is 23.8 Å². The molecule has 3 rings (SSSR count). The minimum atomic E-state index is -0.0301. The van der Waals surface area contributed by atoms with Crippen LogP contribution in [0.3, 0.4) is 0 Å². The third-order valence-corrected chi connectivity index (χ3v) is 4.15. The highest BCUT2D eigenvalue weighted by molar-refractivity contribution is 6.30. The third kappa shape index (κ3) is 4.20. The van der Waals surface area contributed by atoms with Gasteiger partial charge < -0.3 is 10.2 Å². The molecule has 0 spiro atoms. The molecule has 1 amide bonds. The zero-order valence-electron chi connectivity index (χ0n) is 12.8. The highest BCUT2D eigenvalue weighted by Gasteiger charge is 2.18. The Balaban J connectivity index is 1.66. The number of anilines is 2. The van der Waals surface area contributed by atoms with Crippen LogP contribution in [-0.2, 0) is 0 Å². The fraction of sp³-hybridized carbons (Fsp3) is 0.353. The predicted molar refractivity (Wildman–Crippen MR) is 91.1 cm³/mol. The number of likely N-dealkylation sites (tertiary alicyclic amines) is 1. The molecule has 0 saturated carbocycles. The van der Waals surface area contributed by atoms with Crippen molar-refractivity contribution in [3.05, 3.63) is 47.1 Å². The van der Waals surface area contributed by atoms with E-state index in [2.05, 4.69) is 15.5 Å². The van der Waals surface area contributed by atoms with Crippen molar-refractivity contribution in [1.29, 1.82) is 0 Å². The van der Waals surface area contributed by atoms with Gasteiger partial charge in [-0.25, -0.2) is 0 Å². The number of aromatic nitrogens is 2. The van der Waals surface area contributed by atoms with Gasteiger partial charge in [-0.3, -0.25) is 4.79 Å². The van der Waals surface area contributed by atoms with Crippen molar-refractivity contribution < 1.29 is 4.79 Å². The summed E-state index contributed by atoms with van der Waals surface area (Å²) in [5.74, 6) is 0.567. The molecule has 1 aromatic heterocycles. The summed E-state index contributed by atoms with van der Waals surface area (Å²) in [6.45, 7) is 1.62. The van der Waals surface area contributed by atoms with E-state index in [1.165, 1.54) is 12.8 Å². The molecule has 23 heavy (non-hydrogen) atoms. The SMILES string of the molecule is O=C(c1ccc(Nc2ccc(Cl)cc2)nn1)N1CCCCCC1. The highest BCUT2D eigenvalue weighted by Crippen LogP contribution is 2.18. The van der Waals surface area contributed by atoms with Crippen LogP contribution < -0.4 is 5.32 Å². The van der Waals surface area contributed by atoms with Crippen LogP contribution in [0, 0.1) is 0 Å². The minimum Gasteiger partial charge on any atom is -0.339 e. The lowest BCUT2D eigenvalue weighted by Crippen LogP contribution is -2.32. The monoisotopic (exact) mass is 330 g/mol. The first-order valence-corrected chi connectivity index (χ1v) is 8.26. The molecule has 120 valence electrons. The van der Waals surface area contributed by atoms with Crippen LogP contribution in [0.15, 0.2) is 36.4 Å². The Kier molecular flexibility index (Phi) is 5.08. The van der Waals surface area contributed by atoms with Crippen molar-refractivity contribution in [3.8, 4) is 0 Å². The van der Waals surface area contributed by atoms with Gasteiger partial charge in [0.15, 0.2) is 11.5 Å². The molecule has 1 aromatic carbocycles. The summed E-state index contributed by atoms with van der Waals surface area (Å²) in [6, 6.07) is 10.8. The number of carbonyl (C=O) groups is 1. The number of halogens is 1. The molecule has 0 unspecified atom stereocenters. The number of hydrogen-bond acceptors (Lipinski definition) is 4. The number of nitrogens with zero attached hydrogens (tertiary/aromatic N) is 3. The van der Waals surface area contributed by atoms with E-state index in [4.69, 9.17) is 11.6 Å². The Morgan fingerprint density at radius 1 is 0.957 bits per heavy atom. The zero-order chi connectivity index (χ0) is 16.1. The van der Waals surface area contributed by atoms with E-state index in [1.54, 1.807) is 24.3 Å². The van der Waals surface area contributed by atoms with Gasteiger partial charge in [-0.1, -0.05) is 24.4 Å². The molecule has 1 aliphatic heterocycles. The molecule has 1 saturated heterocycles. The van der Waals surface area contributed by atoms with Crippen LogP contribution in [0.5, 0.6) is 0 Å². The lowest BCUT2D eigenvalue weighted by molar-refractivity contribution is 0.0754. The maximum Gasteiger partial charge on any atom is 0.274 e.